The standard InChI is InChI=1S/C18H21NO5S/c1-13-7-9-17(10-8-13)25(22,23)19(14(2)11-18(20)21)15-5-4-6-16(12-15)24-3/h4-10,12,14H,11H2,1-3H3,(H,20,21). The number of ether oxygens (including phenoxy) is 1. The summed E-state index contributed by atoms with van der Waals surface area (Å²) in [5.74, 6) is -0.580. The number of anilines is 1. The zero-order chi connectivity index (χ0) is 18.6. The van der Waals surface area contributed by atoms with Crippen molar-refractivity contribution in [3.05, 3.63) is 54.1 Å². The van der Waals surface area contributed by atoms with Crippen molar-refractivity contribution in [2.45, 2.75) is 31.2 Å². The molecule has 2 aromatic rings. The first-order valence-corrected chi connectivity index (χ1v) is 9.16. The second-order valence-corrected chi connectivity index (χ2v) is 7.58. The van der Waals surface area contributed by atoms with Crippen LogP contribution in [0, 0.1) is 6.92 Å². The van der Waals surface area contributed by atoms with E-state index in [2.05, 4.69) is 0 Å². The number of carboxylic acid groups (broad SMARTS) is 1. The second kappa shape index (κ2) is 7.57. The van der Waals surface area contributed by atoms with Gasteiger partial charge in [-0.15, -0.1) is 0 Å². The fourth-order valence-electron chi connectivity index (χ4n) is 2.54. The molecule has 7 heteroatoms. The van der Waals surface area contributed by atoms with E-state index in [9.17, 15) is 13.2 Å². The van der Waals surface area contributed by atoms with E-state index in [0.717, 1.165) is 9.87 Å². The number of nitrogens with zero attached hydrogens (tertiary/aromatic N) is 1. The SMILES string of the molecule is COc1cccc(N(C(C)CC(=O)O)S(=O)(=O)c2ccc(C)cc2)c1. The normalized spacial score (nSPS) is 12.4. The Hall–Kier alpha value is -2.54. The van der Waals surface area contributed by atoms with Gasteiger partial charge in [-0.25, -0.2) is 8.42 Å². The van der Waals surface area contributed by atoms with Gasteiger partial charge in [0.2, 0.25) is 0 Å². The molecule has 1 N–H and O–H groups in total. The van der Waals surface area contributed by atoms with E-state index in [1.807, 2.05) is 6.92 Å². The Morgan fingerprint density at radius 2 is 1.84 bits per heavy atom. The molecular formula is C18H21NO5S. The highest BCUT2D eigenvalue weighted by atomic mass is 32.2. The van der Waals surface area contributed by atoms with Crippen molar-refractivity contribution in [2.75, 3.05) is 11.4 Å². The van der Waals surface area contributed by atoms with Gasteiger partial charge in [-0.05, 0) is 38.1 Å². The van der Waals surface area contributed by atoms with Crippen LogP contribution in [0.4, 0.5) is 5.69 Å². The van der Waals surface area contributed by atoms with Crippen LogP contribution in [-0.2, 0) is 14.8 Å². The Bertz CT molecular complexity index is 846. The summed E-state index contributed by atoms with van der Waals surface area (Å²) in [6.45, 7) is 3.43. The number of aliphatic carboxylic acids is 1. The third-order valence-electron chi connectivity index (χ3n) is 3.76. The van der Waals surface area contributed by atoms with E-state index in [4.69, 9.17) is 9.84 Å². The lowest BCUT2D eigenvalue weighted by atomic mass is 10.2. The van der Waals surface area contributed by atoms with Crippen molar-refractivity contribution in [3.8, 4) is 5.75 Å². The fourth-order valence-corrected chi connectivity index (χ4v) is 4.18. The maximum atomic E-state index is 13.2. The Labute approximate surface area is 147 Å². The molecule has 0 bridgehead atoms. The van der Waals surface area contributed by atoms with Gasteiger partial charge in [-0.3, -0.25) is 9.10 Å². The zero-order valence-corrected chi connectivity index (χ0v) is 15.2. The van der Waals surface area contributed by atoms with Gasteiger partial charge in [-0.2, -0.15) is 0 Å². The summed E-state index contributed by atoms with van der Waals surface area (Å²) < 4.78 is 32.6. The topological polar surface area (TPSA) is 83.9 Å². The zero-order valence-electron chi connectivity index (χ0n) is 14.3. The first kappa shape index (κ1) is 18.8. The lowest BCUT2D eigenvalue weighted by molar-refractivity contribution is -0.137. The molecule has 0 amide bonds. The summed E-state index contributed by atoms with van der Waals surface area (Å²) in [6, 6.07) is 12.2. The molecule has 2 aromatic carbocycles. The highest BCUT2D eigenvalue weighted by Gasteiger charge is 2.31. The minimum absolute atomic E-state index is 0.109. The lowest BCUT2D eigenvalue weighted by Crippen LogP contribution is -2.40. The van der Waals surface area contributed by atoms with Crippen molar-refractivity contribution in [3.63, 3.8) is 0 Å². The summed E-state index contributed by atoms with van der Waals surface area (Å²) in [6.07, 6.45) is -0.317. The highest BCUT2D eigenvalue weighted by molar-refractivity contribution is 7.92. The molecule has 0 saturated heterocycles. The first-order chi connectivity index (χ1) is 11.8. The van der Waals surface area contributed by atoms with Gasteiger partial charge in [0.25, 0.3) is 10.0 Å². The van der Waals surface area contributed by atoms with Gasteiger partial charge in [0.1, 0.15) is 5.75 Å². The predicted molar refractivity (Wildman–Crippen MR) is 95.6 cm³/mol. The average Bonchev–Trinajstić information content (AvgIpc) is 2.54. The maximum absolute atomic E-state index is 13.2. The van der Waals surface area contributed by atoms with Crippen LogP contribution in [-0.4, -0.2) is 32.6 Å². The molecule has 0 spiro atoms. The van der Waals surface area contributed by atoms with Gasteiger partial charge in [0.05, 0.1) is 30.2 Å². The highest BCUT2D eigenvalue weighted by Crippen LogP contribution is 2.30. The second-order valence-electron chi connectivity index (χ2n) is 5.76. The van der Waals surface area contributed by atoms with E-state index in [0.29, 0.717) is 11.4 Å². The third kappa shape index (κ3) is 4.30. The van der Waals surface area contributed by atoms with E-state index in [1.165, 1.54) is 19.2 Å². The molecule has 0 radical (unpaired) electrons. The molecule has 0 heterocycles. The molecule has 0 aliphatic carbocycles. The molecule has 0 saturated carbocycles. The molecule has 1 atom stereocenters. The Balaban J connectivity index is 2.57. The van der Waals surface area contributed by atoms with Crippen molar-refractivity contribution in [2.24, 2.45) is 0 Å². The van der Waals surface area contributed by atoms with Crippen molar-refractivity contribution >= 4 is 21.7 Å². The van der Waals surface area contributed by atoms with Gasteiger partial charge in [0.15, 0.2) is 0 Å². The lowest BCUT2D eigenvalue weighted by Gasteiger charge is -2.30. The van der Waals surface area contributed by atoms with Crippen LogP contribution in [0.2, 0.25) is 0 Å². The molecule has 1 unspecified atom stereocenters. The number of sulfonamides is 1. The van der Waals surface area contributed by atoms with Crippen molar-refractivity contribution < 1.29 is 23.1 Å². The van der Waals surface area contributed by atoms with Gasteiger partial charge in [-0.1, -0.05) is 23.8 Å². The number of rotatable bonds is 7. The van der Waals surface area contributed by atoms with E-state index in [1.54, 1.807) is 43.3 Å². The maximum Gasteiger partial charge on any atom is 0.305 e. The summed E-state index contributed by atoms with van der Waals surface area (Å²) >= 11 is 0. The minimum Gasteiger partial charge on any atom is -0.497 e. The van der Waals surface area contributed by atoms with E-state index in [-0.39, 0.29) is 11.3 Å². The predicted octanol–water partition coefficient (Wildman–Crippen LogP) is 3.06. The molecular weight excluding hydrogens is 342 g/mol. The van der Waals surface area contributed by atoms with Crippen LogP contribution in [0.3, 0.4) is 0 Å². The smallest absolute Gasteiger partial charge is 0.305 e. The Morgan fingerprint density at radius 3 is 2.40 bits per heavy atom. The van der Waals surface area contributed by atoms with Crippen molar-refractivity contribution in [1.29, 1.82) is 0 Å². The summed E-state index contributed by atoms with van der Waals surface area (Å²) in [5.41, 5.74) is 1.29. The van der Waals surface area contributed by atoms with Gasteiger partial charge >= 0.3 is 5.97 Å². The summed E-state index contributed by atoms with van der Waals surface area (Å²) in [7, 11) is -2.44. The fraction of sp³-hybridized carbons (Fsp3) is 0.278. The van der Waals surface area contributed by atoms with E-state index >= 15 is 0 Å². The van der Waals surface area contributed by atoms with Crippen LogP contribution in [0.25, 0.3) is 0 Å². The number of hydrogen-bond acceptors (Lipinski definition) is 4. The number of carbonyl (C=O) groups is 1. The first-order valence-electron chi connectivity index (χ1n) is 7.72. The monoisotopic (exact) mass is 363 g/mol. The average molecular weight is 363 g/mol. The van der Waals surface area contributed by atoms with Crippen LogP contribution >= 0.6 is 0 Å². The van der Waals surface area contributed by atoms with Gasteiger partial charge in [0, 0.05) is 6.07 Å². The summed E-state index contributed by atoms with van der Waals surface area (Å²) in [5, 5.41) is 9.11. The number of methoxy groups -OCH3 is 1. The number of aryl methyl sites for hydroxylation is 1. The third-order valence-corrected chi connectivity index (χ3v) is 5.71. The molecule has 25 heavy (non-hydrogen) atoms. The molecule has 0 aliphatic heterocycles. The molecule has 0 fully saturated rings. The Kier molecular flexibility index (Phi) is 5.69. The quantitative estimate of drug-likeness (QED) is 0.817. The largest absolute Gasteiger partial charge is 0.497 e. The minimum atomic E-state index is -3.93. The molecule has 2 rings (SSSR count). The summed E-state index contributed by atoms with van der Waals surface area (Å²) in [4.78, 5) is 11.2. The number of hydrogen-bond donors (Lipinski definition) is 1. The van der Waals surface area contributed by atoms with Gasteiger partial charge < -0.3 is 9.84 Å². The van der Waals surface area contributed by atoms with Crippen molar-refractivity contribution in [1.82, 2.24) is 0 Å². The number of carboxylic acids is 1. The molecule has 134 valence electrons. The molecule has 0 aliphatic rings. The van der Waals surface area contributed by atoms with Crippen LogP contribution in [0.15, 0.2) is 53.4 Å². The van der Waals surface area contributed by atoms with Crippen LogP contribution in [0.1, 0.15) is 18.9 Å². The van der Waals surface area contributed by atoms with E-state index < -0.39 is 22.0 Å². The Morgan fingerprint density at radius 1 is 1.20 bits per heavy atom. The molecule has 6 nitrogen and oxygen atoms in total. The number of benzene rings is 2. The van der Waals surface area contributed by atoms with Crippen LogP contribution in [0.5, 0.6) is 5.75 Å². The molecule has 0 aromatic heterocycles. The van der Waals surface area contributed by atoms with Crippen LogP contribution < -0.4 is 9.04 Å².